The van der Waals surface area contributed by atoms with Gasteiger partial charge in [0.15, 0.2) is 5.82 Å². The Hall–Kier alpha value is -2.22. The average molecular weight is 369 g/mol. The van der Waals surface area contributed by atoms with E-state index in [1.165, 1.54) is 0 Å². The molecule has 3 aromatic rings. The smallest absolute Gasteiger partial charge is 0.153 e. The zero-order valence-corrected chi connectivity index (χ0v) is 16.1. The summed E-state index contributed by atoms with van der Waals surface area (Å²) in [5.41, 5.74) is 5.84. The van der Waals surface area contributed by atoms with E-state index in [4.69, 9.17) is 9.72 Å². The van der Waals surface area contributed by atoms with Gasteiger partial charge in [-0.15, -0.1) is 11.3 Å². The summed E-state index contributed by atoms with van der Waals surface area (Å²) in [7, 11) is 3.84. The van der Waals surface area contributed by atoms with Crippen LogP contribution in [0.15, 0.2) is 29.6 Å². The molecule has 7 heteroatoms. The van der Waals surface area contributed by atoms with Gasteiger partial charge < -0.3 is 15.1 Å². The predicted octanol–water partition coefficient (Wildman–Crippen LogP) is 3.25. The third-order valence-corrected chi connectivity index (χ3v) is 5.59. The van der Waals surface area contributed by atoms with E-state index in [9.17, 15) is 0 Å². The molecule has 1 aromatic carbocycles. The van der Waals surface area contributed by atoms with Crippen LogP contribution >= 0.6 is 11.3 Å². The molecular formula is C19H23N5OS. The van der Waals surface area contributed by atoms with E-state index >= 15 is 0 Å². The van der Waals surface area contributed by atoms with Crippen LogP contribution in [-0.4, -0.2) is 60.2 Å². The van der Waals surface area contributed by atoms with Crippen molar-refractivity contribution in [3.05, 3.63) is 35.5 Å². The number of nitrogens with one attached hydrogen (secondary N) is 1. The van der Waals surface area contributed by atoms with Crippen LogP contribution < -0.4 is 10.2 Å². The Bertz CT molecular complexity index is 900. The molecule has 6 nitrogen and oxygen atoms in total. The van der Waals surface area contributed by atoms with Gasteiger partial charge in [0, 0.05) is 37.1 Å². The fourth-order valence-electron chi connectivity index (χ4n) is 3.18. The quantitative estimate of drug-likeness (QED) is 0.762. The number of anilines is 1. The number of thiophene rings is 1. The number of aromatic nitrogens is 2. The monoisotopic (exact) mass is 369 g/mol. The Morgan fingerprint density at radius 1 is 1.08 bits per heavy atom. The first kappa shape index (κ1) is 17.2. The number of fused-ring (bicyclic) bond motifs is 1. The summed E-state index contributed by atoms with van der Waals surface area (Å²) in [5.74, 6) is 2.54. The van der Waals surface area contributed by atoms with Gasteiger partial charge in [0.1, 0.15) is 16.4 Å². The Morgan fingerprint density at radius 3 is 2.50 bits per heavy atom. The number of methoxy groups -OCH3 is 1. The second-order valence-electron chi connectivity index (χ2n) is 6.58. The molecule has 2 aromatic heterocycles. The fourth-order valence-corrected chi connectivity index (χ4v) is 4.17. The van der Waals surface area contributed by atoms with Crippen molar-refractivity contribution in [3.63, 3.8) is 0 Å². The van der Waals surface area contributed by atoms with Crippen LogP contribution in [0.3, 0.4) is 0 Å². The minimum absolute atomic E-state index is 0.789. The van der Waals surface area contributed by atoms with Crippen molar-refractivity contribution in [2.24, 2.45) is 0 Å². The molecule has 1 fully saturated rings. The van der Waals surface area contributed by atoms with E-state index in [-0.39, 0.29) is 0 Å². The van der Waals surface area contributed by atoms with Crippen molar-refractivity contribution in [2.45, 2.75) is 6.92 Å². The Kier molecular flexibility index (Phi) is 4.76. The lowest BCUT2D eigenvalue weighted by molar-refractivity contribution is 0.178. The molecule has 26 heavy (non-hydrogen) atoms. The van der Waals surface area contributed by atoms with Crippen molar-refractivity contribution >= 4 is 27.4 Å². The van der Waals surface area contributed by atoms with Crippen LogP contribution in [0, 0.1) is 6.92 Å². The summed E-state index contributed by atoms with van der Waals surface area (Å²) in [5, 5.41) is 5.50. The van der Waals surface area contributed by atoms with Crippen molar-refractivity contribution in [2.75, 3.05) is 45.8 Å². The zero-order chi connectivity index (χ0) is 18.1. The topological polar surface area (TPSA) is 53.5 Å². The third kappa shape index (κ3) is 3.38. The third-order valence-electron chi connectivity index (χ3n) is 4.71. The number of hydrogen-bond acceptors (Lipinski definition) is 7. The van der Waals surface area contributed by atoms with Gasteiger partial charge in [-0.3, -0.25) is 0 Å². The number of piperazine rings is 1. The maximum atomic E-state index is 5.28. The molecule has 4 rings (SSSR count). The summed E-state index contributed by atoms with van der Waals surface area (Å²) >= 11 is 1.66. The molecule has 0 unspecified atom stereocenters. The standard InChI is InChI=1S/C19H23N5OS/c1-13-20-18(22-24-10-8-23(2)9-11-24)17-16(12-26-19(17)21-13)14-4-6-15(25-3)7-5-14/h4-7,12H,8-11H2,1-3H3,(H,20,21,22). The van der Waals surface area contributed by atoms with Gasteiger partial charge in [-0.05, 0) is 31.7 Å². The van der Waals surface area contributed by atoms with Gasteiger partial charge >= 0.3 is 0 Å². The van der Waals surface area contributed by atoms with E-state index in [1.807, 2.05) is 19.1 Å². The van der Waals surface area contributed by atoms with E-state index in [0.29, 0.717) is 0 Å². The molecule has 1 aliphatic heterocycles. The van der Waals surface area contributed by atoms with Crippen LogP contribution in [0.25, 0.3) is 21.3 Å². The number of hydrazine groups is 1. The summed E-state index contributed by atoms with van der Waals surface area (Å²) in [6.45, 7) is 6.00. The molecule has 0 bridgehead atoms. The highest BCUT2D eigenvalue weighted by Crippen LogP contribution is 2.37. The zero-order valence-electron chi connectivity index (χ0n) is 15.3. The van der Waals surface area contributed by atoms with E-state index in [1.54, 1.807) is 18.4 Å². The average Bonchev–Trinajstić information content (AvgIpc) is 3.07. The first-order valence-corrected chi connectivity index (χ1v) is 9.62. The molecule has 0 spiro atoms. The van der Waals surface area contributed by atoms with Crippen LogP contribution in [-0.2, 0) is 0 Å². The van der Waals surface area contributed by atoms with Gasteiger partial charge in [0.25, 0.3) is 0 Å². The Labute approximate surface area is 157 Å². The molecule has 0 atom stereocenters. The number of likely N-dealkylation sites (N-methyl/N-ethyl adjacent to an activating group) is 1. The second kappa shape index (κ2) is 7.19. The molecule has 136 valence electrons. The SMILES string of the molecule is COc1ccc(-c2csc3nc(C)nc(NN4CCN(C)CC4)c23)cc1. The number of hydrogen-bond donors (Lipinski definition) is 1. The van der Waals surface area contributed by atoms with Crippen molar-refractivity contribution < 1.29 is 4.74 Å². The van der Waals surface area contributed by atoms with Crippen LogP contribution in [0.2, 0.25) is 0 Å². The Morgan fingerprint density at radius 2 is 1.81 bits per heavy atom. The summed E-state index contributed by atoms with van der Waals surface area (Å²) in [6, 6.07) is 8.14. The largest absolute Gasteiger partial charge is 0.497 e. The number of ether oxygens (including phenoxy) is 1. The maximum Gasteiger partial charge on any atom is 0.153 e. The van der Waals surface area contributed by atoms with E-state index in [0.717, 1.165) is 64.9 Å². The molecule has 1 saturated heterocycles. The van der Waals surface area contributed by atoms with Crippen molar-refractivity contribution in [1.82, 2.24) is 19.9 Å². The summed E-state index contributed by atoms with van der Waals surface area (Å²) in [4.78, 5) is 12.7. The van der Waals surface area contributed by atoms with E-state index < -0.39 is 0 Å². The lowest BCUT2D eigenvalue weighted by atomic mass is 10.1. The molecule has 0 saturated carbocycles. The van der Waals surface area contributed by atoms with Crippen molar-refractivity contribution in [1.29, 1.82) is 0 Å². The highest BCUT2D eigenvalue weighted by Gasteiger charge is 2.19. The number of nitrogens with zero attached hydrogens (tertiary/aromatic N) is 4. The molecule has 0 radical (unpaired) electrons. The summed E-state index contributed by atoms with van der Waals surface area (Å²) in [6.07, 6.45) is 0. The van der Waals surface area contributed by atoms with Gasteiger partial charge in [-0.1, -0.05) is 12.1 Å². The number of aryl methyl sites for hydroxylation is 1. The lowest BCUT2D eigenvalue weighted by Gasteiger charge is -2.32. The highest BCUT2D eigenvalue weighted by molar-refractivity contribution is 7.17. The van der Waals surface area contributed by atoms with Crippen molar-refractivity contribution in [3.8, 4) is 16.9 Å². The van der Waals surface area contributed by atoms with Crippen LogP contribution in [0.5, 0.6) is 5.75 Å². The molecule has 3 heterocycles. The first-order valence-electron chi connectivity index (χ1n) is 8.74. The van der Waals surface area contributed by atoms with E-state index in [2.05, 4.69) is 44.9 Å². The molecular weight excluding hydrogens is 346 g/mol. The number of rotatable bonds is 4. The van der Waals surface area contributed by atoms with Crippen LogP contribution in [0.4, 0.5) is 5.82 Å². The second-order valence-corrected chi connectivity index (χ2v) is 7.44. The normalized spacial score (nSPS) is 16.1. The van der Waals surface area contributed by atoms with Crippen LogP contribution in [0.1, 0.15) is 5.82 Å². The minimum atomic E-state index is 0.789. The summed E-state index contributed by atoms with van der Waals surface area (Å²) < 4.78 is 5.28. The molecule has 0 amide bonds. The fraction of sp³-hybridized carbons (Fsp3) is 0.368. The van der Waals surface area contributed by atoms with Gasteiger partial charge in [0.05, 0.1) is 12.5 Å². The van der Waals surface area contributed by atoms with Gasteiger partial charge in [-0.2, -0.15) is 0 Å². The van der Waals surface area contributed by atoms with Gasteiger partial charge in [0.2, 0.25) is 0 Å². The first-order chi connectivity index (χ1) is 12.6. The predicted molar refractivity (Wildman–Crippen MR) is 107 cm³/mol. The minimum Gasteiger partial charge on any atom is -0.497 e. The lowest BCUT2D eigenvalue weighted by Crippen LogP contribution is -2.47. The Balaban J connectivity index is 1.72. The number of benzene rings is 1. The molecule has 1 N–H and O–H groups in total. The molecule has 0 aliphatic carbocycles. The maximum absolute atomic E-state index is 5.28. The molecule has 1 aliphatic rings. The highest BCUT2D eigenvalue weighted by atomic mass is 32.1. The van der Waals surface area contributed by atoms with Gasteiger partial charge in [-0.25, -0.2) is 15.0 Å².